The molecule has 0 saturated heterocycles. The molecule has 0 radical (unpaired) electrons. The fourth-order valence-electron chi connectivity index (χ4n) is 1.81. The van der Waals surface area contributed by atoms with E-state index in [0.717, 1.165) is 12.1 Å². The van der Waals surface area contributed by atoms with Gasteiger partial charge in [0.25, 0.3) is 5.91 Å². The summed E-state index contributed by atoms with van der Waals surface area (Å²) in [6.07, 6.45) is 2.46. The molecule has 0 atom stereocenters. The zero-order valence-corrected chi connectivity index (χ0v) is 12.1. The van der Waals surface area contributed by atoms with E-state index in [2.05, 4.69) is 20.7 Å². The number of halogens is 1. The standard InChI is InChI=1S/C13H16ClN5O/c1-15-12-8-9(7-11(14)18-12)13(20)16-5-3-10-4-6-17-19(10)2/h4,6-8H,3,5H2,1-2H3,(H,15,18)(H,16,20). The maximum Gasteiger partial charge on any atom is 0.251 e. The van der Waals surface area contributed by atoms with E-state index in [1.807, 2.05) is 13.1 Å². The second-order valence-electron chi connectivity index (χ2n) is 4.27. The van der Waals surface area contributed by atoms with Gasteiger partial charge in [-0.05, 0) is 18.2 Å². The first kappa shape index (κ1) is 14.3. The number of amides is 1. The predicted octanol–water partition coefficient (Wildman–Crippen LogP) is 1.48. The van der Waals surface area contributed by atoms with E-state index in [1.54, 1.807) is 30.1 Å². The van der Waals surface area contributed by atoms with Crippen molar-refractivity contribution in [2.24, 2.45) is 7.05 Å². The lowest BCUT2D eigenvalue weighted by molar-refractivity contribution is 0.0954. The van der Waals surface area contributed by atoms with Gasteiger partial charge in [0.05, 0.1) is 0 Å². The van der Waals surface area contributed by atoms with E-state index in [9.17, 15) is 4.79 Å². The number of hydrogen-bond acceptors (Lipinski definition) is 4. The van der Waals surface area contributed by atoms with Crippen molar-refractivity contribution in [3.8, 4) is 0 Å². The lowest BCUT2D eigenvalue weighted by Gasteiger charge is -2.07. The lowest BCUT2D eigenvalue weighted by atomic mass is 10.2. The van der Waals surface area contributed by atoms with Gasteiger partial charge in [0.1, 0.15) is 11.0 Å². The first-order chi connectivity index (χ1) is 9.60. The third-order valence-electron chi connectivity index (χ3n) is 2.90. The van der Waals surface area contributed by atoms with Crippen LogP contribution in [0.2, 0.25) is 5.15 Å². The minimum Gasteiger partial charge on any atom is -0.373 e. The van der Waals surface area contributed by atoms with Crippen LogP contribution in [0.25, 0.3) is 0 Å². The number of carbonyl (C=O) groups excluding carboxylic acids is 1. The van der Waals surface area contributed by atoms with Gasteiger partial charge in [-0.1, -0.05) is 11.6 Å². The molecule has 2 rings (SSSR count). The summed E-state index contributed by atoms with van der Waals surface area (Å²) in [5, 5.41) is 10.1. The Morgan fingerprint density at radius 2 is 2.25 bits per heavy atom. The van der Waals surface area contributed by atoms with E-state index >= 15 is 0 Å². The van der Waals surface area contributed by atoms with Crippen LogP contribution in [0.15, 0.2) is 24.4 Å². The third-order valence-corrected chi connectivity index (χ3v) is 3.10. The van der Waals surface area contributed by atoms with Gasteiger partial charge < -0.3 is 10.6 Å². The van der Waals surface area contributed by atoms with Gasteiger partial charge in [0.15, 0.2) is 0 Å². The van der Waals surface area contributed by atoms with Crippen molar-refractivity contribution in [2.45, 2.75) is 6.42 Å². The second kappa shape index (κ2) is 6.38. The lowest BCUT2D eigenvalue weighted by Crippen LogP contribution is -2.26. The molecule has 0 aliphatic carbocycles. The number of nitrogens with zero attached hydrogens (tertiary/aromatic N) is 3. The van der Waals surface area contributed by atoms with E-state index in [0.29, 0.717) is 17.9 Å². The summed E-state index contributed by atoms with van der Waals surface area (Å²) in [5.74, 6) is 0.391. The molecule has 2 heterocycles. The van der Waals surface area contributed by atoms with Crippen molar-refractivity contribution in [3.05, 3.63) is 40.8 Å². The Balaban J connectivity index is 1.95. The molecule has 0 aliphatic rings. The maximum atomic E-state index is 12.0. The number of pyridine rings is 1. The smallest absolute Gasteiger partial charge is 0.251 e. The van der Waals surface area contributed by atoms with Crippen LogP contribution in [0.1, 0.15) is 16.1 Å². The molecule has 106 valence electrons. The van der Waals surface area contributed by atoms with Crippen LogP contribution in [0.4, 0.5) is 5.82 Å². The molecule has 2 aromatic rings. The van der Waals surface area contributed by atoms with Crippen molar-refractivity contribution in [3.63, 3.8) is 0 Å². The average Bonchev–Trinajstić information content (AvgIpc) is 2.83. The monoisotopic (exact) mass is 293 g/mol. The Hall–Kier alpha value is -2.08. The number of nitrogens with one attached hydrogen (secondary N) is 2. The first-order valence-corrected chi connectivity index (χ1v) is 6.58. The zero-order valence-electron chi connectivity index (χ0n) is 11.4. The molecule has 0 fully saturated rings. The Labute approximate surface area is 122 Å². The topological polar surface area (TPSA) is 71.8 Å². The molecule has 0 aromatic carbocycles. The fourth-order valence-corrected chi connectivity index (χ4v) is 2.02. The molecule has 0 aliphatic heterocycles. The van der Waals surface area contributed by atoms with Crippen molar-refractivity contribution < 1.29 is 4.79 Å². The quantitative estimate of drug-likeness (QED) is 0.819. The van der Waals surface area contributed by atoms with Gasteiger partial charge in [0, 0.05) is 44.5 Å². The van der Waals surface area contributed by atoms with Crippen LogP contribution in [-0.2, 0) is 13.5 Å². The van der Waals surface area contributed by atoms with Gasteiger partial charge in [-0.15, -0.1) is 0 Å². The number of rotatable bonds is 5. The molecule has 2 N–H and O–H groups in total. The van der Waals surface area contributed by atoms with E-state index in [1.165, 1.54) is 0 Å². The summed E-state index contributed by atoms with van der Waals surface area (Å²) >= 11 is 5.87. The summed E-state index contributed by atoms with van der Waals surface area (Å²) in [6, 6.07) is 5.13. The van der Waals surface area contributed by atoms with E-state index in [-0.39, 0.29) is 11.1 Å². The van der Waals surface area contributed by atoms with Crippen LogP contribution in [0.5, 0.6) is 0 Å². The first-order valence-electron chi connectivity index (χ1n) is 6.20. The molecular weight excluding hydrogens is 278 g/mol. The van der Waals surface area contributed by atoms with Crippen LogP contribution in [0, 0.1) is 0 Å². The van der Waals surface area contributed by atoms with Gasteiger partial charge in [0.2, 0.25) is 0 Å². The highest BCUT2D eigenvalue weighted by Gasteiger charge is 2.09. The number of anilines is 1. The largest absolute Gasteiger partial charge is 0.373 e. The van der Waals surface area contributed by atoms with Crippen LogP contribution in [-0.4, -0.2) is 34.3 Å². The van der Waals surface area contributed by atoms with Gasteiger partial charge in [-0.2, -0.15) is 5.10 Å². The van der Waals surface area contributed by atoms with Gasteiger partial charge in [-0.25, -0.2) is 4.98 Å². The highest BCUT2D eigenvalue weighted by atomic mass is 35.5. The molecule has 6 nitrogen and oxygen atoms in total. The fraction of sp³-hybridized carbons (Fsp3) is 0.308. The highest BCUT2D eigenvalue weighted by molar-refractivity contribution is 6.29. The van der Waals surface area contributed by atoms with Crippen molar-refractivity contribution in [1.82, 2.24) is 20.1 Å². The average molecular weight is 294 g/mol. The minimum absolute atomic E-state index is 0.173. The molecule has 0 unspecified atom stereocenters. The summed E-state index contributed by atoms with van der Waals surface area (Å²) in [5.41, 5.74) is 1.55. The summed E-state index contributed by atoms with van der Waals surface area (Å²) in [6.45, 7) is 0.535. The summed E-state index contributed by atoms with van der Waals surface area (Å²) in [7, 11) is 3.60. The number of hydrogen-bond donors (Lipinski definition) is 2. The highest BCUT2D eigenvalue weighted by Crippen LogP contribution is 2.14. The number of aryl methyl sites for hydroxylation is 1. The summed E-state index contributed by atoms with van der Waals surface area (Å²) < 4.78 is 1.79. The van der Waals surface area contributed by atoms with Gasteiger partial charge >= 0.3 is 0 Å². The molecule has 7 heteroatoms. The molecule has 0 bridgehead atoms. The molecule has 0 saturated carbocycles. The van der Waals surface area contributed by atoms with Crippen LogP contribution in [0.3, 0.4) is 0 Å². The van der Waals surface area contributed by atoms with E-state index in [4.69, 9.17) is 11.6 Å². The molecule has 20 heavy (non-hydrogen) atoms. The number of carbonyl (C=O) groups is 1. The minimum atomic E-state index is -0.173. The van der Waals surface area contributed by atoms with Crippen molar-refractivity contribution >= 4 is 23.3 Å². The Morgan fingerprint density at radius 3 is 2.90 bits per heavy atom. The van der Waals surface area contributed by atoms with Crippen LogP contribution < -0.4 is 10.6 Å². The van der Waals surface area contributed by atoms with Gasteiger partial charge in [-0.3, -0.25) is 9.48 Å². The maximum absolute atomic E-state index is 12.0. The number of aromatic nitrogens is 3. The van der Waals surface area contributed by atoms with Crippen molar-refractivity contribution in [1.29, 1.82) is 0 Å². The molecule has 0 spiro atoms. The third kappa shape index (κ3) is 3.48. The SMILES string of the molecule is CNc1cc(C(=O)NCCc2ccnn2C)cc(Cl)n1. The van der Waals surface area contributed by atoms with Crippen molar-refractivity contribution in [2.75, 3.05) is 18.9 Å². The molecular formula is C13H16ClN5O. The molecule has 1 amide bonds. The Morgan fingerprint density at radius 1 is 1.45 bits per heavy atom. The Kier molecular flexibility index (Phi) is 4.57. The second-order valence-corrected chi connectivity index (χ2v) is 4.65. The Bertz CT molecular complexity index is 611. The molecule has 2 aromatic heterocycles. The predicted molar refractivity (Wildman–Crippen MR) is 78.0 cm³/mol. The zero-order chi connectivity index (χ0) is 14.5. The normalized spacial score (nSPS) is 10.3. The van der Waals surface area contributed by atoms with E-state index < -0.39 is 0 Å². The summed E-state index contributed by atoms with van der Waals surface area (Å²) in [4.78, 5) is 16.1. The van der Waals surface area contributed by atoms with Crippen LogP contribution >= 0.6 is 11.6 Å².